The molecular weight excluding hydrogens is 1220 g/mol. The Morgan fingerprint density at radius 3 is 1.03 bits per heavy atom. The van der Waals surface area contributed by atoms with Crippen molar-refractivity contribution in [1.82, 2.24) is 8.61 Å². The average Bonchev–Trinajstić information content (AvgIpc) is 3.28. The van der Waals surface area contributed by atoms with Gasteiger partial charge in [0.15, 0.2) is 0 Å². The van der Waals surface area contributed by atoms with Crippen LogP contribution in [-0.2, 0) is 77.9 Å². The van der Waals surface area contributed by atoms with Gasteiger partial charge in [-0.1, -0.05) is 87.1 Å². The first-order valence-electron chi connectivity index (χ1n) is 20.1. The van der Waals surface area contributed by atoms with Gasteiger partial charge >= 0.3 is 136 Å². The van der Waals surface area contributed by atoms with Gasteiger partial charge in [-0.25, -0.2) is 42.1 Å². The monoisotopic (exact) mass is 1250 g/mol. The Kier molecular flexibility index (Phi) is 28.8. The van der Waals surface area contributed by atoms with E-state index in [9.17, 15) is 89.1 Å². The van der Waals surface area contributed by atoms with Gasteiger partial charge in [0, 0.05) is 37.0 Å². The third kappa shape index (κ3) is 17.6. The fourth-order valence-electron chi connectivity index (χ4n) is 6.72. The fraction of sp³-hybridized carbons (Fsp3) is 0.200. The molecular formula is C40H35CrN6Na4O20S6. The zero-order chi connectivity index (χ0) is 54.1. The van der Waals surface area contributed by atoms with Crippen molar-refractivity contribution in [3.63, 3.8) is 0 Å². The number of azo groups is 2. The largest absolute Gasteiger partial charge is 3.00 e. The molecule has 0 aromatic heterocycles. The number of benzene rings is 6. The van der Waals surface area contributed by atoms with Crippen LogP contribution in [0.4, 0.5) is 22.7 Å². The van der Waals surface area contributed by atoms with Crippen LogP contribution in [0, 0.1) is 0 Å². The predicted molar refractivity (Wildman–Crippen MR) is 241 cm³/mol. The number of sulfonamides is 2. The SMILES string of the molecule is CCN(CC)S(=O)(=O)c1ccc([O-])c(N=Nc2c([O-])ccc3cc(S(=O)(=O)[O-])cc(S(=O)(=O)O)c23)c1.CCN(CC)S(=O)(=O)c1ccc([O-])c(N=Nc2c([O-])ccc3cc(S(=O)(=O)[O-])cc(S(=O)(=O)[O-])c23)c1.[Cr+3].[Na+].[Na+].[Na+].[Na+]. The standard InChI is InChI=1S/2C20H21N3O10S3.Cr.4Na/c2*1-3-23(4-2)34(26,27)13-6-8-16(24)15(10-13)21-22-20-17(25)7-5-12-9-14(35(28,29)30)11-18(19(12)20)36(31,32)33;;;;;/h2*5-11,24-25H,3-4H2,1-2H3,(H,28,29,30)(H,31,32,33);;;;;/q;;+3;4*+1/p-7. The van der Waals surface area contributed by atoms with E-state index in [1.165, 1.54) is 0 Å². The van der Waals surface area contributed by atoms with Crippen molar-refractivity contribution in [2.75, 3.05) is 26.2 Å². The second-order valence-corrected chi connectivity index (χ2v) is 23.9. The third-order valence-corrected chi connectivity index (χ3v) is 17.6. The van der Waals surface area contributed by atoms with E-state index in [2.05, 4.69) is 20.5 Å². The van der Waals surface area contributed by atoms with Crippen LogP contribution in [0.5, 0.6) is 23.0 Å². The molecule has 6 aromatic carbocycles. The van der Waals surface area contributed by atoms with Crippen LogP contribution >= 0.6 is 0 Å². The summed E-state index contributed by atoms with van der Waals surface area (Å²) in [4.78, 5) is -4.87. The summed E-state index contributed by atoms with van der Waals surface area (Å²) in [5.74, 6) is -3.41. The van der Waals surface area contributed by atoms with Crippen LogP contribution in [0.3, 0.4) is 0 Å². The summed E-state index contributed by atoms with van der Waals surface area (Å²) in [6.45, 7) is 7.09. The van der Waals surface area contributed by atoms with E-state index >= 15 is 0 Å². The summed E-state index contributed by atoms with van der Waals surface area (Å²) in [5.41, 5.74) is -2.45. The minimum absolute atomic E-state index is 0. The zero-order valence-electron chi connectivity index (χ0n) is 41.7. The quantitative estimate of drug-likeness (QED) is 0.0534. The average molecular weight is 1260 g/mol. The molecule has 6 rings (SSSR count). The first-order valence-corrected chi connectivity index (χ1v) is 28.6. The number of rotatable bonds is 16. The van der Waals surface area contributed by atoms with Gasteiger partial charge in [0.05, 0.1) is 47.2 Å². The number of fused-ring (bicyclic) bond motifs is 2. The molecule has 0 spiro atoms. The second-order valence-electron chi connectivity index (χ2n) is 14.5. The van der Waals surface area contributed by atoms with Crippen LogP contribution in [0.15, 0.2) is 135 Å². The van der Waals surface area contributed by atoms with Crippen LogP contribution < -0.4 is 139 Å². The van der Waals surface area contributed by atoms with Gasteiger partial charge in [0.25, 0.3) is 10.1 Å². The van der Waals surface area contributed by atoms with Crippen molar-refractivity contribution in [2.45, 2.75) is 57.1 Å². The zero-order valence-corrected chi connectivity index (χ0v) is 55.8. The molecule has 0 aliphatic carbocycles. The van der Waals surface area contributed by atoms with E-state index in [4.69, 9.17) is 0 Å². The van der Waals surface area contributed by atoms with E-state index in [0.717, 1.165) is 81.4 Å². The van der Waals surface area contributed by atoms with Crippen LogP contribution in [0.25, 0.3) is 21.5 Å². The van der Waals surface area contributed by atoms with E-state index in [1.807, 2.05) is 0 Å². The van der Waals surface area contributed by atoms with Crippen molar-refractivity contribution < 1.29 is 225 Å². The third-order valence-electron chi connectivity index (χ3n) is 10.2. The maximum atomic E-state index is 12.8. The molecule has 77 heavy (non-hydrogen) atoms. The molecule has 0 atom stereocenters. The summed E-state index contributed by atoms with van der Waals surface area (Å²) in [5, 5.41) is 62.3. The Balaban J connectivity index is 0.00000141. The Labute approximate surface area is 542 Å². The molecule has 0 aliphatic heterocycles. The van der Waals surface area contributed by atoms with Crippen LogP contribution in [-0.4, -0.2) is 104 Å². The number of hydrogen-bond acceptors (Lipinski definition) is 23. The van der Waals surface area contributed by atoms with Crippen molar-refractivity contribution >= 4 is 105 Å². The van der Waals surface area contributed by atoms with E-state index < -0.39 is 137 Å². The van der Waals surface area contributed by atoms with Gasteiger partial charge in [0.2, 0.25) is 20.0 Å². The number of hydrogen-bond donors (Lipinski definition) is 1. The molecule has 37 heteroatoms. The molecule has 0 saturated carbocycles. The topological polar surface area (TPSA) is 442 Å². The van der Waals surface area contributed by atoms with Crippen molar-refractivity contribution in [1.29, 1.82) is 0 Å². The molecule has 0 amide bonds. The first kappa shape index (κ1) is 75.2. The Morgan fingerprint density at radius 2 is 0.727 bits per heavy atom. The minimum atomic E-state index is -5.42. The molecule has 26 nitrogen and oxygen atoms in total. The summed E-state index contributed by atoms with van der Waals surface area (Å²) < 4.78 is 191. The fourth-order valence-corrected chi connectivity index (χ4v) is 12.4. The van der Waals surface area contributed by atoms with Gasteiger partial charge in [0.1, 0.15) is 35.2 Å². The normalized spacial score (nSPS) is 12.3. The van der Waals surface area contributed by atoms with Gasteiger partial charge in [-0.2, -0.15) is 37.5 Å². The second kappa shape index (κ2) is 29.5. The molecule has 0 aliphatic rings. The van der Waals surface area contributed by atoms with Gasteiger partial charge < -0.3 is 34.1 Å². The summed E-state index contributed by atoms with van der Waals surface area (Å²) in [6, 6.07) is 11.8. The van der Waals surface area contributed by atoms with Crippen molar-refractivity contribution in [2.24, 2.45) is 20.5 Å². The molecule has 0 unspecified atom stereocenters. The van der Waals surface area contributed by atoms with Crippen LogP contribution in [0.1, 0.15) is 27.7 Å². The minimum Gasteiger partial charge on any atom is -0.871 e. The maximum absolute atomic E-state index is 12.8. The Morgan fingerprint density at radius 1 is 0.416 bits per heavy atom. The Bertz CT molecular complexity index is 3680. The van der Waals surface area contributed by atoms with Gasteiger partial charge in [-0.15, -0.1) is 0 Å². The summed E-state index contributed by atoms with van der Waals surface area (Å²) in [7, 11) is -28.9. The maximum Gasteiger partial charge on any atom is 3.00 e. The van der Waals surface area contributed by atoms with E-state index in [0.29, 0.717) is 12.1 Å². The molecule has 6 aromatic rings. The van der Waals surface area contributed by atoms with Gasteiger partial charge in [-0.05, 0) is 59.3 Å². The van der Waals surface area contributed by atoms with Crippen molar-refractivity contribution in [3.8, 4) is 23.0 Å². The number of nitrogens with zero attached hydrogens (tertiary/aromatic N) is 6. The molecule has 0 fully saturated rings. The van der Waals surface area contributed by atoms with Crippen LogP contribution in [0.2, 0.25) is 0 Å². The molecule has 391 valence electrons. The van der Waals surface area contributed by atoms with Crippen molar-refractivity contribution in [3.05, 3.63) is 84.9 Å². The molecule has 1 N–H and O–H groups in total. The molecule has 0 bridgehead atoms. The van der Waals surface area contributed by atoms with Gasteiger partial charge in [-0.3, -0.25) is 4.55 Å². The first-order chi connectivity index (χ1) is 33.2. The predicted octanol–water partition coefficient (Wildman–Crippen LogP) is -9.16. The molecule has 1 radical (unpaired) electrons. The smallest absolute Gasteiger partial charge is 0.871 e. The molecule has 0 saturated heterocycles. The Hall–Kier alpha value is -1.77. The molecule has 0 heterocycles. The summed E-state index contributed by atoms with van der Waals surface area (Å²) >= 11 is 0. The van der Waals surface area contributed by atoms with E-state index in [1.54, 1.807) is 27.7 Å². The summed E-state index contributed by atoms with van der Waals surface area (Å²) in [6.07, 6.45) is 0. The van der Waals surface area contributed by atoms with E-state index in [-0.39, 0.29) is 182 Å².